The Hall–Kier alpha value is -1.23. The Morgan fingerprint density at radius 3 is 2.38 bits per heavy atom. The summed E-state index contributed by atoms with van der Waals surface area (Å²) in [5.74, 6) is -0.446. The number of hydrogen-bond acceptors (Lipinski definition) is 2. The summed E-state index contributed by atoms with van der Waals surface area (Å²) in [5, 5.41) is 11.0. The third-order valence-corrected chi connectivity index (χ3v) is 4.44. The predicted molar refractivity (Wildman–Crippen MR) is 73.8 cm³/mol. The molecule has 1 fully saturated rings. The number of ether oxygens (including phenoxy) is 1. The highest BCUT2D eigenvalue weighted by atomic mass is 19.4. The molecule has 0 amide bonds. The Bertz CT molecular complexity index is 510. The summed E-state index contributed by atoms with van der Waals surface area (Å²) in [7, 11) is 0. The predicted octanol–water partition coefficient (Wildman–Crippen LogP) is 4.62. The Morgan fingerprint density at radius 1 is 1.19 bits per heavy atom. The van der Waals surface area contributed by atoms with Gasteiger partial charge in [0.05, 0.1) is 5.60 Å². The van der Waals surface area contributed by atoms with Gasteiger partial charge in [-0.3, -0.25) is 0 Å². The molecule has 0 saturated heterocycles. The van der Waals surface area contributed by atoms with E-state index in [9.17, 15) is 18.3 Å². The Balaban J connectivity index is 2.37. The van der Waals surface area contributed by atoms with Crippen LogP contribution in [-0.4, -0.2) is 11.5 Å². The highest BCUT2D eigenvalue weighted by Crippen LogP contribution is 2.50. The SMILES string of the molecule is CC1CC(C)(C)CCC1(O)c1ccccc1OC(F)(F)F. The minimum Gasteiger partial charge on any atom is -0.405 e. The van der Waals surface area contributed by atoms with Gasteiger partial charge in [0, 0.05) is 5.56 Å². The van der Waals surface area contributed by atoms with E-state index in [-0.39, 0.29) is 22.6 Å². The number of alkyl halides is 3. The van der Waals surface area contributed by atoms with Crippen molar-refractivity contribution in [2.24, 2.45) is 11.3 Å². The molecule has 5 heteroatoms. The van der Waals surface area contributed by atoms with Gasteiger partial charge in [-0.15, -0.1) is 13.2 Å². The van der Waals surface area contributed by atoms with Crippen LogP contribution in [-0.2, 0) is 5.60 Å². The lowest BCUT2D eigenvalue weighted by Crippen LogP contribution is -2.42. The molecule has 21 heavy (non-hydrogen) atoms. The molecule has 1 aromatic carbocycles. The van der Waals surface area contributed by atoms with Gasteiger partial charge in [-0.1, -0.05) is 39.0 Å². The van der Waals surface area contributed by atoms with Gasteiger partial charge in [0.2, 0.25) is 0 Å². The second kappa shape index (κ2) is 5.20. The number of para-hydroxylation sites is 1. The van der Waals surface area contributed by atoms with Crippen LogP contribution < -0.4 is 4.74 Å². The van der Waals surface area contributed by atoms with Crippen LogP contribution in [0.2, 0.25) is 0 Å². The molecule has 1 aliphatic carbocycles. The van der Waals surface area contributed by atoms with E-state index in [0.29, 0.717) is 6.42 Å². The molecule has 2 rings (SSSR count). The topological polar surface area (TPSA) is 29.5 Å². The summed E-state index contributed by atoms with van der Waals surface area (Å²) in [6.45, 7) is 6.10. The summed E-state index contributed by atoms with van der Waals surface area (Å²) >= 11 is 0. The number of hydrogen-bond donors (Lipinski definition) is 1. The van der Waals surface area contributed by atoms with Crippen LogP contribution in [0, 0.1) is 11.3 Å². The van der Waals surface area contributed by atoms with E-state index in [2.05, 4.69) is 18.6 Å². The fraction of sp³-hybridized carbons (Fsp3) is 0.625. The quantitative estimate of drug-likeness (QED) is 0.864. The number of aliphatic hydroxyl groups is 1. The zero-order valence-electron chi connectivity index (χ0n) is 12.5. The number of benzene rings is 1. The molecule has 1 N–H and O–H groups in total. The molecule has 2 unspecified atom stereocenters. The lowest BCUT2D eigenvalue weighted by molar-refractivity contribution is -0.275. The van der Waals surface area contributed by atoms with Crippen LogP contribution >= 0.6 is 0 Å². The van der Waals surface area contributed by atoms with Gasteiger partial charge in [-0.2, -0.15) is 0 Å². The molecule has 2 atom stereocenters. The lowest BCUT2D eigenvalue weighted by Gasteiger charge is -2.45. The highest BCUT2D eigenvalue weighted by Gasteiger charge is 2.46. The summed E-state index contributed by atoms with van der Waals surface area (Å²) in [6, 6.07) is 5.89. The van der Waals surface area contributed by atoms with Crippen LogP contribution in [0.3, 0.4) is 0 Å². The first-order chi connectivity index (χ1) is 9.54. The largest absolute Gasteiger partial charge is 0.573 e. The Labute approximate surface area is 122 Å². The van der Waals surface area contributed by atoms with Crippen molar-refractivity contribution in [2.75, 3.05) is 0 Å². The van der Waals surface area contributed by atoms with E-state index in [4.69, 9.17) is 0 Å². The zero-order valence-corrected chi connectivity index (χ0v) is 12.5. The molecule has 0 spiro atoms. The van der Waals surface area contributed by atoms with Gasteiger partial charge in [0.15, 0.2) is 0 Å². The molecular formula is C16H21F3O2. The van der Waals surface area contributed by atoms with Crippen molar-refractivity contribution < 1.29 is 23.0 Å². The first-order valence-corrected chi connectivity index (χ1v) is 7.11. The van der Waals surface area contributed by atoms with Crippen molar-refractivity contribution in [3.8, 4) is 5.75 Å². The Morgan fingerprint density at radius 2 is 1.81 bits per heavy atom. The van der Waals surface area contributed by atoms with Crippen LogP contribution in [0.1, 0.15) is 45.6 Å². The van der Waals surface area contributed by atoms with Crippen LogP contribution in [0.15, 0.2) is 24.3 Å². The van der Waals surface area contributed by atoms with Gasteiger partial charge in [-0.25, -0.2) is 0 Å². The first-order valence-electron chi connectivity index (χ1n) is 7.11. The molecule has 0 bridgehead atoms. The molecule has 0 aliphatic heterocycles. The van der Waals surface area contributed by atoms with Crippen molar-refractivity contribution in [1.82, 2.24) is 0 Å². The first kappa shape index (κ1) is 16.1. The molecule has 1 aliphatic rings. The standard InChI is InChI=1S/C16H21F3O2/c1-11-10-14(2,3)8-9-15(11,20)12-6-4-5-7-13(12)21-16(17,18)19/h4-7,11,20H,8-10H2,1-3H3. The smallest absolute Gasteiger partial charge is 0.405 e. The summed E-state index contributed by atoms with van der Waals surface area (Å²) in [6.07, 6.45) is -2.82. The monoisotopic (exact) mass is 302 g/mol. The van der Waals surface area contributed by atoms with Crippen molar-refractivity contribution >= 4 is 0 Å². The van der Waals surface area contributed by atoms with Crippen molar-refractivity contribution in [3.63, 3.8) is 0 Å². The van der Waals surface area contributed by atoms with Gasteiger partial charge in [0.1, 0.15) is 5.75 Å². The van der Waals surface area contributed by atoms with Crippen LogP contribution in [0.5, 0.6) is 5.75 Å². The molecule has 0 radical (unpaired) electrons. The average Bonchev–Trinajstić information content (AvgIpc) is 2.33. The molecule has 118 valence electrons. The molecular weight excluding hydrogens is 281 g/mol. The van der Waals surface area contributed by atoms with Crippen molar-refractivity contribution in [1.29, 1.82) is 0 Å². The maximum atomic E-state index is 12.5. The lowest BCUT2D eigenvalue weighted by atomic mass is 9.63. The van der Waals surface area contributed by atoms with E-state index < -0.39 is 12.0 Å². The fourth-order valence-electron chi connectivity index (χ4n) is 3.31. The van der Waals surface area contributed by atoms with Crippen LogP contribution in [0.25, 0.3) is 0 Å². The molecule has 0 heterocycles. The van der Waals surface area contributed by atoms with Crippen LogP contribution in [0.4, 0.5) is 13.2 Å². The average molecular weight is 302 g/mol. The minimum atomic E-state index is -4.76. The van der Waals surface area contributed by atoms with Gasteiger partial charge in [-0.05, 0) is 36.7 Å². The van der Waals surface area contributed by atoms with E-state index in [1.165, 1.54) is 18.2 Å². The Kier molecular flexibility index (Phi) is 4.00. The van der Waals surface area contributed by atoms with E-state index in [0.717, 1.165) is 12.8 Å². The van der Waals surface area contributed by atoms with E-state index in [1.54, 1.807) is 6.07 Å². The summed E-state index contributed by atoms with van der Waals surface area (Å²) in [4.78, 5) is 0. The minimum absolute atomic E-state index is 0.0888. The molecule has 2 nitrogen and oxygen atoms in total. The number of rotatable bonds is 2. The van der Waals surface area contributed by atoms with Crippen molar-refractivity contribution in [3.05, 3.63) is 29.8 Å². The van der Waals surface area contributed by atoms with E-state index in [1.807, 2.05) is 6.92 Å². The molecule has 1 aromatic rings. The fourth-order valence-corrected chi connectivity index (χ4v) is 3.31. The third-order valence-electron chi connectivity index (χ3n) is 4.44. The van der Waals surface area contributed by atoms with E-state index >= 15 is 0 Å². The normalized spacial score (nSPS) is 29.2. The van der Waals surface area contributed by atoms with Crippen molar-refractivity contribution in [2.45, 2.75) is 52.0 Å². The maximum absolute atomic E-state index is 12.5. The van der Waals surface area contributed by atoms with Gasteiger partial charge >= 0.3 is 6.36 Å². The summed E-state index contributed by atoms with van der Waals surface area (Å²) in [5.41, 5.74) is -0.964. The zero-order chi connectivity index (χ0) is 15.9. The number of halogens is 3. The van der Waals surface area contributed by atoms with Gasteiger partial charge in [0.25, 0.3) is 0 Å². The molecule has 0 aromatic heterocycles. The summed E-state index contributed by atoms with van der Waals surface area (Å²) < 4.78 is 41.7. The second-order valence-corrected chi connectivity index (χ2v) is 6.74. The maximum Gasteiger partial charge on any atom is 0.573 e. The highest BCUT2D eigenvalue weighted by molar-refractivity contribution is 5.39. The molecule has 1 saturated carbocycles. The van der Waals surface area contributed by atoms with Gasteiger partial charge < -0.3 is 9.84 Å². The second-order valence-electron chi connectivity index (χ2n) is 6.74. The third kappa shape index (κ3) is 3.51.